The van der Waals surface area contributed by atoms with Gasteiger partial charge in [0.05, 0.1) is 6.61 Å². The van der Waals surface area contributed by atoms with Crippen molar-refractivity contribution in [2.75, 3.05) is 32.1 Å². The second-order valence-electron chi connectivity index (χ2n) is 4.22. The molecule has 0 aliphatic carbocycles. The van der Waals surface area contributed by atoms with E-state index in [4.69, 9.17) is 4.74 Å². The predicted molar refractivity (Wildman–Crippen MR) is 66.9 cm³/mol. The van der Waals surface area contributed by atoms with Crippen molar-refractivity contribution >= 4 is 5.69 Å². The van der Waals surface area contributed by atoms with Crippen LogP contribution in [0.25, 0.3) is 0 Å². The van der Waals surface area contributed by atoms with Gasteiger partial charge in [-0.15, -0.1) is 0 Å². The summed E-state index contributed by atoms with van der Waals surface area (Å²) in [7, 11) is 1.74. The van der Waals surface area contributed by atoms with Gasteiger partial charge in [-0.25, -0.2) is 0 Å². The van der Waals surface area contributed by atoms with Crippen molar-refractivity contribution < 1.29 is 4.74 Å². The standard InChI is InChI=1S/C13H20N2O/c1-16-9-8-14-12-7-6-11-4-2-3-5-13(11)15-10-12/h2-5,12,14-15H,6-10H2,1H3. The molecule has 0 radical (unpaired) electrons. The van der Waals surface area contributed by atoms with Crippen molar-refractivity contribution in [1.82, 2.24) is 5.32 Å². The zero-order chi connectivity index (χ0) is 11.2. The van der Waals surface area contributed by atoms with Gasteiger partial charge in [0.25, 0.3) is 0 Å². The fraction of sp³-hybridized carbons (Fsp3) is 0.538. The second-order valence-corrected chi connectivity index (χ2v) is 4.22. The molecule has 88 valence electrons. The summed E-state index contributed by atoms with van der Waals surface area (Å²) in [5.74, 6) is 0. The fourth-order valence-electron chi connectivity index (χ4n) is 2.12. The number of nitrogens with one attached hydrogen (secondary N) is 2. The third-order valence-corrected chi connectivity index (χ3v) is 3.06. The van der Waals surface area contributed by atoms with Crippen LogP contribution in [0.1, 0.15) is 12.0 Å². The van der Waals surface area contributed by atoms with Crippen LogP contribution in [0.5, 0.6) is 0 Å². The van der Waals surface area contributed by atoms with Crippen LogP contribution in [0.15, 0.2) is 24.3 Å². The van der Waals surface area contributed by atoms with E-state index in [1.165, 1.54) is 17.7 Å². The summed E-state index contributed by atoms with van der Waals surface area (Å²) in [6.45, 7) is 2.71. The van der Waals surface area contributed by atoms with E-state index < -0.39 is 0 Å². The molecule has 1 atom stereocenters. The first kappa shape index (κ1) is 11.4. The van der Waals surface area contributed by atoms with Crippen molar-refractivity contribution in [3.8, 4) is 0 Å². The molecule has 1 unspecified atom stereocenters. The molecule has 1 aliphatic heterocycles. The minimum atomic E-state index is 0.544. The van der Waals surface area contributed by atoms with Crippen LogP contribution in [-0.2, 0) is 11.2 Å². The predicted octanol–water partition coefficient (Wildman–Crippen LogP) is 1.65. The molecule has 0 saturated heterocycles. The van der Waals surface area contributed by atoms with Crippen LogP contribution in [-0.4, -0.2) is 32.8 Å². The van der Waals surface area contributed by atoms with E-state index in [-0.39, 0.29) is 0 Å². The summed E-state index contributed by atoms with van der Waals surface area (Å²) < 4.78 is 5.04. The number of aryl methyl sites for hydroxylation is 1. The molecule has 0 bridgehead atoms. The first-order valence-corrected chi connectivity index (χ1v) is 5.94. The van der Waals surface area contributed by atoms with Gasteiger partial charge in [0.15, 0.2) is 0 Å². The topological polar surface area (TPSA) is 33.3 Å². The minimum Gasteiger partial charge on any atom is -0.383 e. The first-order chi connectivity index (χ1) is 7.90. The summed E-state index contributed by atoms with van der Waals surface area (Å²) in [5, 5.41) is 7.01. The Bertz CT molecular complexity index is 300. The lowest BCUT2D eigenvalue weighted by Gasteiger charge is -2.16. The fourth-order valence-corrected chi connectivity index (χ4v) is 2.12. The molecular weight excluding hydrogens is 200 g/mol. The van der Waals surface area contributed by atoms with E-state index in [0.29, 0.717) is 6.04 Å². The number of anilines is 1. The Morgan fingerprint density at radius 2 is 2.31 bits per heavy atom. The van der Waals surface area contributed by atoms with E-state index in [9.17, 15) is 0 Å². The Kier molecular flexibility index (Phi) is 4.19. The molecule has 1 aromatic carbocycles. The molecule has 16 heavy (non-hydrogen) atoms. The molecule has 2 rings (SSSR count). The molecular formula is C13H20N2O. The van der Waals surface area contributed by atoms with Crippen molar-refractivity contribution in [2.45, 2.75) is 18.9 Å². The van der Waals surface area contributed by atoms with Crippen molar-refractivity contribution in [2.24, 2.45) is 0 Å². The summed E-state index contributed by atoms with van der Waals surface area (Å²) in [4.78, 5) is 0. The summed E-state index contributed by atoms with van der Waals surface area (Å²) in [6.07, 6.45) is 2.33. The molecule has 3 heteroatoms. The minimum absolute atomic E-state index is 0.544. The van der Waals surface area contributed by atoms with Gasteiger partial charge < -0.3 is 15.4 Å². The smallest absolute Gasteiger partial charge is 0.0587 e. The van der Waals surface area contributed by atoms with Gasteiger partial charge in [0.2, 0.25) is 0 Å². The Morgan fingerprint density at radius 3 is 3.19 bits per heavy atom. The molecule has 1 aromatic rings. The van der Waals surface area contributed by atoms with E-state index in [2.05, 4.69) is 34.9 Å². The average Bonchev–Trinajstić information content (AvgIpc) is 2.53. The highest BCUT2D eigenvalue weighted by molar-refractivity contribution is 5.52. The highest BCUT2D eigenvalue weighted by Crippen LogP contribution is 2.20. The first-order valence-electron chi connectivity index (χ1n) is 5.94. The van der Waals surface area contributed by atoms with Gasteiger partial charge in [-0.2, -0.15) is 0 Å². The zero-order valence-electron chi connectivity index (χ0n) is 9.83. The van der Waals surface area contributed by atoms with E-state index in [1.807, 2.05) is 0 Å². The third-order valence-electron chi connectivity index (χ3n) is 3.06. The number of hydrogen-bond acceptors (Lipinski definition) is 3. The van der Waals surface area contributed by atoms with Crippen molar-refractivity contribution in [1.29, 1.82) is 0 Å². The molecule has 0 amide bonds. The molecule has 0 aromatic heterocycles. The zero-order valence-corrected chi connectivity index (χ0v) is 9.83. The third kappa shape index (κ3) is 2.97. The highest BCUT2D eigenvalue weighted by Gasteiger charge is 2.14. The largest absolute Gasteiger partial charge is 0.383 e. The van der Waals surface area contributed by atoms with E-state index in [0.717, 1.165) is 26.1 Å². The van der Waals surface area contributed by atoms with Crippen LogP contribution in [0.2, 0.25) is 0 Å². The SMILES string of the molecule is COCCNC1CCc2ccccc2NC1. The normalized spacial score (nSPS) is 19.7. The second kappa shape index (κ2) is 5.87. The van der Waals surface area contributed by atoms with Crippen LogP contribution < -0.4 is 10.6 Å². The van der Waals surface area contributed by atoms with Gasteiger partial charge in [-0.1, -0.05) is 18.2 Å². The summed E-state index contributed by atoms with van der Waals surface area (Å²) >= 11 is 0. The molecule has 3 nitrogen and oxygen atoms in total. The molecule has 0 fully saturated rings. The molecule has 1 heterocycles. The lowest BCUT2D eigenvalue weighted by atomic mass is 10.1. The van der Waals surface area contributed by atoms with Crippen molar-refractivity contribution in [3.05, 3.63) is 29.8 Å². The average molecular weight is 220 g/mol. The lowest BCUT2D eigenvalue weighted by Crippen LogP contribution is -2.36. The maximum absolute atomic E-state index is 5.04. The number of para-hydroxylation sites is 1. The summed E-state index contributed by atoms with van der Waals surface area (Å²) in [5.41, 5.74) is 2.72. The quantitative estimate of drug-likeness (QED) is 0.757. The number of hydrogen-bond donors (Lipinski definition) is 2. The van der Waals surface area contributed by atoms with Crippen molar-refractivity contribution in [3.63, 3.8) is 0 Å². The number of benzene rings is 1. The Morgan fingerprint density at radius 1 is 1.44 bits per heavy atom. The Labute approximate surface area is 97.2 Å². The number of ether oxygens (including phenoxy) is 1. The molecule has 0 spiro atoms. The van der Waals surface area contributed by atoms with Gasteiger partial charge in [0.1, 0.15) is 0 Å². The molecule has 0 saturated carbocycles. The summed E-state index contributed by atoms with van der Waals surface area (Å²) in [6, 6.07) is 9.11. The van der Waals surface area contributed by atoms with Gasteiger partial charge in [-0.3, -0.25) is 0 Å². The highest BCUT2D eigenvalue weighted by atomic mass is 16.5. The van der Waals surface area contributed by atoms with Crippen LogP contribution in [0.4, 0.5) is 5.69 Å². The van der Waals surface area contributed by atoms with Gasteiger partial charge >= 0.3 is 0 Å². The monoisotopic (exact) mass is 220 g/mol. The van der Waals surface area contributed by atoms with Crippen LogP contribution in [0, 0.1) is 0 Å². The van der Waals surface area contributed by atoms with E-state index in [1.54, 1.807) is 7.11 Å². The maximum atomic E-state index is 5.04. The lowest BCUT2D eigenvalue weighted by molar-refractivity contribution is 0.195. The van der Waals surface area contributed by atoms with E-state index >= 15 is 0 Å². The number of rotatable bonds is 4. The Balaban J connectivity index is 1.87. The number of fused-ring (bicyclic) bond motifs is 1. The Hall–Kier alpha value is -1.06. The molecule has 2 N–H and O–H groups in total. The van der Waals surface area contributed by atoms with Gasteiger partial charge in [0, 0.05) is 31.9 Å². The van der Waals surface area contributed by atoms with Gasteiger partial charge in [-0.05, 0) is 24.5 Å². The van der Waals surface area contributed by atoms with Crippen LogP contribution >= 0.6 is 0 Å². The maximum Gasteiger partial charge on any atom is 0.0587 e. The number of methoxy groups -OCH3 is 1. The van der Waals surface area contributed by atoms with Crippen LogP contribution in [0.3, 0.4) is 0 Å². The molecule has 1 aliphatic rings.